The van der Waals surface area contributed by atoms with E-state index in [2.05, 4.69) is 4.98 Å². The number of benzene rings is 1. The predicted molar refractivity (Wildman–Crippen MR) is 61.2 cm³/mol. The highest BCUT2D eigenvalue weighted by Gasteiger charge is 2.19. The Labute approximate surface area is 92.7 Å². The van der Waals surface area contributed by atoms with Gasteiger partial charge in [0.1, 0.15) is 5.92 Å². The Bertz CT molecular complexity index is 525. The van der Waals surface area contributed by atoms with Crippen LogP contribution in [0.1, 0.15) is 11.6 Å². The maximum absolute atomic E-state index is 10.9. The number of aromatic nitrogens is 1. The molecule has 0 saturated carbocycles. The molecule has 1 atom stereocenters. The van der Waals surface area contributed by atoms with E-state index in [4.69, 9.17) is 10.8 Å². The van der Waals surface area contributed by atoms with E-state index >= 15 is 0 Å². The minimum Gasteiger partial charge on any atom is -0.481 e. The van der Waals surface area contributed by atoms with Crippen LogP contribution in [0.25, 0.3) is 10.8 Å². The number of carboxylic acid groups (broad SMARTS) is 1. The number of hydrogen-bond donors (Lipinski definition) is 2. The van der Waals surface area contributed by atoms with Crippen molar-refractivity contribution in [2.45, 2.75) is 5.92 Å². The molecule has 1 aromatic heterocycles. The van der Waals surface area contributed by atoms with Gasteiger partial charge in [0.15, 0.2) is 0 Å². The molecule has 2 rings (SSSR count). The van der Waals surface area contributed by atoms with Crippen LogP contribution in [0, 0.1) is 0 Å². The molecular weight excluding hydrogens is 204 g/mol. The second kappa shape index (κ2) is 4.28. The Hall–Kier alpha value is -1.94. The fourth-order valence-electron chi connectivity index (χ4n) is 1.64. The summed E-state index contributed by atoms with van der Waals surface area (Å²) in [6, 6.07) is 9.47. The molecule has 0 fully saturated rings. The standard InChI is InChI=1S/C12H12N2O2/c13-6-10(12(15)16)11-5-8-3-1-2-4-9(8)7-14-11/h1-5,7,10H,6,13H2,(H,15,16). The van der Waals surface area contributed by atoms with Crippen LogP contribution in [0.4, 0.5) is 0 Å². The van der Waals surface area contributed by atoms with Crippen LogP contribution in [0.2, 0.25) is 0 Å². The van der Waals surface area contributed by atoms with Crippen LogP contribution in [-0.2, 0) is 4.79 Å². The first-order valence-corrected chi connectivity index (χ1v) is 5.00. The summed E-state index contributed by atoms with van der Waals surface area (Å²) < 4.78 is 0. The van der Waals surface area contributed by atoms with E-state index in [9.17, 15) is 4.79 Å². The molecule has 0 aliphatic rings. The molecule has 16 heavy (non-hydrogen) atoms. The Morgan fingerprint density at radius 3 is 2.69 bits per heavy atom. The van der Waals surface area contributed by atoms with E-state index in [-0.39, 0.29) is 6.54 Å². The molecule has 4 heteroatoms. The van der Waals surface area contributed by atoms with E-state index in [0.29, 0.717) is 5.69 Å². The van der Waals surface area contributed by atoms with E-state index in [0.717, 1.165) is 10.8 Å². The number of pyridine rings is 1. The Morgan fingerprint density at radius 2 is 2.06 bits per heavy atom. The number of hydrogen-bond acceptors (Lipinski definition) is 3. The zero-order chi connectivity index (χ0) is 11.5. The number of aliphatic carboxylic acids is 1. The van der Waals surface area contributed by atoms with Crippen molar-refractivity contribution in [3.8, 4) is 0 Å². The summed E-state index contributed by atoms with van der Waals surface area (Å²) in [6.45, 7) is 0.0562. The fraction of sp³-hybridized carbons (Fsp3) is 0.167. The van der Waals surface area contributed by atoms with Gasteiger partial charge >= 0.3 is 5.97 Å². The molecule has 1 unspecified atom stereocenters. The minimum atomic E-state index is -0.940. The first-order valence-electron chi connectivity index (χ1n) is 5.00. The van der Waals surface area contributed by atoms with Gasteiger partial charge in [-0.3, -0.25) is 9.78 Å². The number of rotatable bonds is 3. The van der Waals surface area contributed by atoms with E-state index in [1.165, 1.54) is 0 Å². The van der Waals surface area contributed by atoms with Gasteiger partial charge in [0.2, 0.25) is 0 Å². The lowest BCUT2D eigenvalue weighted by Gasteiger charge is -2.09. The van der Waals surface area contributed by atoms with Crippen LogP contribution in [0.5, 0.6) is 0 Å². The zero-order valence-corrected chi connectivity index (χ0v) is 8.63. The average molecular weight is 216 g/mol. The SMILES string of the molecule is NCC(C(=O)O)c1cc2ccccc2cn1. The average Bonchev–Trinajstić information content (AvgIpc) is 2.29. The third-order valence-electron chi connectivity index (χ3n) is 2.54. The lowest BCUT2D eigenvalue weighted by atomic mass is 10.0. The molecule has 0 aliphatic heterocycles. The Balaban J connectivity index is 2.49. The normalized spacial score (nSPS) is 12.6. The molecule has 0 saturated heterocycles. The van der Waals surface area contributed by atoms with Crippen molar-refractivity contribution < 1.29 is 9.90 Å². The Morgan fingerprint density at radius 1 is 1.38 bits per heavy atom. The van der Waals surface area contributed by atoms with Crippen LogP contribution in [0.3, 0.4) is 0 Å². The van der Waals surface area contributed by atoms with Gasteiger partial charge in [0.05, 0.1) is 5.69 Å². The molecule has 3 N–H and O–H groups in total. The van der Waals surface area contributed by atoms with Gasteiger partial charge in [-0.25, -0.2) is 0 Å². The molecule has 2 aromatic rings. The smallest absolute Gasteiger partial charge is 0.313 e. The second-order valence-corrected chi connectivity index (χ2v) is 3.58. The van der Waals surface area contributed by atoms with Gasteiger partial charge in [0, 0.05) is 18.1 Å². The maximum atomic E-state index is 10.9. The highest BCUT2D eigenvalue weighted by molar-refractivity contribution is 5.84. The van der Waals surface area contributed by atoms with Crippen molar-refractivity contribution >= 4 is 16.7 Å². The van der Waals surface area contributed by atoms with Gasteiger partial charge in [0.25, 0.3) is 0 Å². The largest absolute Gasteiger partial charge is 0.481 e. The van der Waals surface area contributed by atoms with Crippen LogP contribution >= 0.6 is 0 Å². The van der Waals surface area contributed by atoms with Gasteiger partial charge in [-0.1, -0.05) is 24.3 Å². The highest BCUT2D eigenvalue weighted by Crippen LogP contribution is 2.18. The van der Waals surface area contributed by atoms with Crippen molar-refractivity contribution in [3.63, 3.8) is 0 Å². The number of fused-ring (bicyclic) bond motifs is 1. The summed E-state index contributed by atoms with van der Waals surface area (Å²) in [7, 11) is 0. The lowest BCUT2D eigenvalue weighted by Crippen LogP contribution is -2.22. The van der Waals surface area contributed by atoms with E-state index < -0.39 is 11.9 Å². The molecule has 0 spiro atoms. The van der Waals surface area contributed by atoms with Gasteiger partial charge in [-0.2, -0.15) is 0 Å². The van der Waals surface area contributed by atoms with Crippen molar-refractivity contribution in [1.82, 2.24) is 4.98 Å². The summed E-state index contributed by atoms with van der Waals surface area (Å²) in [5.41, 5.74) is 5.94. The van der Waals surface area contributed by atoms with Crippen LogP contribution in [-0.4, -0.2) is 22.6 Å². The summed E-state index contributed by atoms with van der Waals surface area (Å²) in [6.07, 6.45) is 1.68. The van der Waals surface area contributed by atoms with Crippen molar-refractivity contribution in [1.29, 1.82) is 0 Å². The first-order chi connectivity index (χ1) is 7.72. The number of carboxylic acids is 1. The molecule has 0 amide bonds. The summed E-state index contributed by atoms with van der Waals surface area (Å²) in [4.78, 5) is 15.1. The summed E-state index contributed by atoms with van der Waals surface area (Å²) in [5, 5.41) is 11.0. The zero-order valence-electron chi connectivity index (χ0n) is 8.63. The Kier molecular flexibility index (Phi) is 2.83. The quantitative estimate of drug-likeness (QED) is 0.812. The molecule has 82 valence electrons. The highest BCUT2D eigenvalue weighted by atomic mass is 16.4. The third kappa shape index (κ3) is 1.87. The van der Waals surface area contributed by atoms with Crippen molar-refractivity contribution in [3.05, 3.63) is 42.2 Å². The maximum Gasteiger partial charge on any atom is 0.313 e. The van der Waals surface area contributed by atoms with Gasteiger partial charge in [-0.15, -0.1) is 0 Å². The number of nitrogens with two attached hydrogens (primary N) is 1. The van der Waals surface area contributed by atoms with Crippen LogP contribution in [0.15, 0.2) is 36.5 Å². The monoisotopic (exact) mass is 216 g/mol. The van der Waals surface area contributed by atoms with Crippen LogP contribution < -0.4 is 5.73 Å². The minimum absolute atomic E-state index is 0.0562. The van der Waals surface area contributed by atoms with Crippen molar-refractivity contribution in [2.75, 3.05) is 6.54 Å². The number of carbonyl (C=O) groups is 1. The molecule has 4 nitrogen and oxygen atoms in total. The third-order valence-corrected chi connectivity index (χ3v) is 2.54. The number of nitrogens with zero attached hydrogens (tertiary/aromatic N) is 1. The second-order valence-electron chi connectivity index (χ2n) is 3.58. The molecule has 0 bridgehead atoms. The molecule has 0 radical (unpaired) electrons. The topological polar surface area (TPSA) is 76.2 Å². The molecule has 0 aliphatic carbocycles. The summed E-state index contributed by atoms with van der Waals surface area (Å²) in [5.74, 6) is -1.67. The predicted octanol–water partition coefficient (Wildman–Crippen LogP) is 1.36. The van der Waals surface area contributed by atoms with E-state index in [1.807, 2.05) is 24.3 Å². The molecule has 1 heterocycles. The fourth-order valence-corrected chi connectivity index (χ4v) is 1.64. The molecule has 1 aromatic carbocycles. The molecular formula is C12H12N2O2. The van der Waals surface area contributed by atoms with E-state index in [1.54, 1.807) is 12.3 Å². The first kappa shape index (κ1) is 10.6. The lowest BCUT2D eigenvalue weighted by molar-refractivity contribution is -0.138. The van der Waals surface area contributed by atoms with Gasteiger partial charge in [-0.05, 0) is 11.5 Å². The summed E-state index contributed by atoms with van der Waals surface area (Å²) >= 11 is 0. The van der Waals surface area contributed by atoms with Crippen molar-refractivity contribution in [2.24, 2.45) is 5.73 Å². The van der Waals surface area contributed by atoms with Gasteiger partial charge < -0.3 is 10.8 Å².